The predicted octanol–water partition coefficient (Wildman–Crippen LogP) is 3.24. The van der Waals surface area contributed by atoms with Crippen LogP contribution in [0, 0.1) is 5.82 Å². The van der Waals surface area contributed by atoms with Crippen molar-refractivity contribution in [2.45, 2.75) is 19.1 Å². The van der Waals surface area contributed by atoms with Crippen molar-refractivity contribution in [1.29, 1.82) is 0 Å². The number of aliphatic imine (C=N–C) groups is 1. The summed E-state index contributed by atoms with van der Waals surface area (Å²) in [5.74, 6) is -0.794. The van der Waals surface area contributed by atoms with E-state index in [1.807, 2.05) is 0 Å². The van der Waals surface area contributed by atoms with E-state index in [1.165, 1.54) is 0 Å². The number of rotatable bonds is 1. The molecule has 2 nitrogen and oxygen atoms in total. The molecule has 0 saturated carbocycles. The highest BCUT2D eigenvalue weighted by Crippen LogP contribution is 2.33. The van der Waals surface area contributed by atoms with Crippen molar-refractivity contribution in [3.63, 3.8) is 0 Å². The molecule has 0 spiro atoms. The average Bonchev–Trinajstić information content (AvgIpc) is 2.67. The van der Waals surface area contributed by atoms with E-state index in [4.69, 9.17) is 11.6 Å². The quantitative estimate of drug-likeness (QED) is 0.785. The Balaban J connectivity index is 2.50. The zero-order valence-corrected chi connectivity index (χ0v) is 10.0. The minimum absolute atomic E-state index is 0.0345. The van der Waals surface area contributed by atoms with Crippen molar-refractivity contribution in [2.24, 2.45) is 4.99 Å². The standard InChI is InChI=1S/C11H9ClF4N2/c1-5-4-17-10(18-5)7-2-6(11(14,15)16)3-8(12)9(7)13/h2-3,5H,4H2,1H3,(H,17,18). The molecule has 98 valence electrons. The lowest BCUT2D eigenvalue weighted by Crippen LogP contribution is -2.28. The molecule has 0 aromatic heterocycles. The Morgan fingerprint density at radius 2 is 2.06 bits per heavy atom. The Hall–Kier alpha value is -1.30. The molecular formula is C11H9ClF4N2. The lowest BCUT2D eigenvalue weighted by atomic mass is 10.1. The third-order valence-electron chi connectivity index (χ3n) is 2.52. The second kappa shape index (κ2) is 4.42. The second-order valence-corrected chi connectivity index (χ2v) is 4.46. The van der Waals surface area contributed by atoms with Gasteiger partial charge in [-0.15, -0.1) is 0 Å². The lowest BCUT2D eigenvalue weighted by molar-refractivity contribution is -0.137. The third-order valence-corrected chi connectivity index (χ3v) is 2.79. The molecule has 0 amide bonds. The van der Waals surface area contributed by atoms with Gasteiger partial charge in [-0.05, 0) is 19.1 Å². The van der Waals surface area contributed by atoms with Crippen LogP contribution in [0.3, 0.4) is 0 Å². The molecule has 0 aliphatic carbocycles. The average molecular weight is 281 g/mol. The number of amidine groups is 1. The summed E-state index contributed by atoms with van der Waals surface area (Å²) in [6.45, 7) is 2.19. The van der Waals surface area contributed by atoms with Gasteiger partial charge in [-0.2, -0.15) is 13.2 Å². The number of alkyl halides is 3. The lowest BCUT2D eigenvalue weighted by Gasteiger charge is -2.12. The van der Waals surface area contributed by atoms with E-state index in [2.05, 4.69) is 10.3 Å². The second-order valence-electron chi connectivity index (χ2n) is 4.05. The Labute approximate surface area is 106 Å². The van der Waals surface area contributed by atoms with Crippen LogP contribution in [-0.2, 0) is 6.18 Å². The zero-order valence-electron chi connectivity index (χ0n) is 9.28. The van der Waals surface area contributed by atoms with Gasteiger partial charge >= 0.3 is 6.18 Å². The Morgan fingerprint density at radius 3 is 2.56 bits per heavy atom. The van der Waals surface area contributed by atoms with Gasteiger partial charge in [0.15, 0.2) is 5.82 Å². The minimum atomic E-state index is -4.57. The maximum absolute atomic E-state index is 13.7. The molecule has 1 aliphatic heterocycles. The molecule has 1 atom stereocenters. The number of hydrogen-bond acceptors (Lipinski definition) is 2. The van der Waals surface area contributed by atoms with E-state index >= 15 is 0 Å². The summed E-state index contributed by atoms with van der Waals surface area (Å²) in [6.07, 6.45) is -4.57. The number of nitrogens with one attached hydrogen (secondary N) is 1. The van der Waals surface area contributed by atoms with Crippen LogP contribution in [0.5, 0.6) is 0 Å². The fourth-order valence-corrected chi connectivity index (χ4v) is 1.86. The van der Waals surface area contributed by atoms with Crippen LogP contribution in [0.4, 0.5) is 17.6 Å². The molecule has 1 aliphatic rings. The van der Waals surface area contributed by atoms with Gasteiger partial charge in [-0.1, -0.05) is 11.6 Å². The number of hydrogen-bond donors (Lipinski definition) is 1. The normalized spacial score (nSPS) is 19.7. The fraction of sp³-hybridized carbons (Fsp3) is 0.364. The van der Waals surface area contributed by atoms with E-state index < -0.39 is 22.6 Å². The molecule has 7 heteroatoms. The van der Waals surface area contributed by atoms with Gasteiger partial charge in [-0.25, -0.2) is 4.39 Å². The summed E-state index contributed by atoms with van der Waals surface area (Å²) in [5.41, 5.74) is -1.24. The number of halogens is 5. The van der Waals surface area contributed by atoms with E-state index in [-0.39, 0.29) is 17.4 Å². The first kappa shape index (κ1) is 13.1. The molecule has 2 rings (SSSR count). The largest absolute Gasteiger partial charge is 0.416 e. The topological polar surface area (TPSA) is 24.4 Å². The highest BCUT2D eigenvalue weighted by atomic mass is 35.5. The first-order chi connectivity index (χ1) is 8.29. The highest BCUT2D eigenvalue weighted by Gasteiger charge is 2.33. The van der Waals surface area contributed by atoms with Gasteiger partial charge in [-0.3, -0.25) is 4.99 Å². The van der Waals surface area contributed by atoms with Gasteiger partial charge < -0.3 is 5.32 Å². The van der Waals surface area contributed by atoms with Gasteiger partial charge in [0, 0.05) is 6.04 Å². The maximum atomic E-state index is 13.7. The van der Waals surface area contributed by atoms with Crippen LogP contribution in [0.2, 0.25) is 5.02 Å². The first-order valence-electron chi connectivity index (χ1n) is 5.16. The summed E-state index contributed by atoms with van der Waals surface area (Å²) in [7, 11) is 0. The number of nitrogens with zero attached hydrogens (tertiary/aromatic N) is 1. The molecule has 1 unspecified atom stereocenters. The molecule has 0 fully saturated rings. The van der Waals surface area contributed by atoms with Gasteiger partial charge in [0.25, 0.3) is 0 Å². The SMILES string of the molecule is CC1CN=C(c2cc(C(F)(F)F)cc(Cl)c2F)N1. The molecule has 0 bridgehead atoms. The van der Waals surface area contributed by atoms with Crippen molar-refractivity contribution in [3.05, 3.63) is 34.1 Å². The highest BCUT2D eigenvalue weighted by molar-refractivity contribution is 6.31. The molecule has 18 heavy (non-hydrogen) atoms. The predicted molar refractivity (Wildman–Crippen MR) is 60.4 cm³/mol. The van der Waals surface area contributed by atoms with Crippen LogP contribution in [0.1, 0.15) is 18.1 Å². The summed E-state index contributed by atoms with van der Waals surface area (Å²) in [5, 5.41) is 2.23. The van der Waals surface area contributed by atoms with E-state index in [0.29, 0.717) is 18.7 Å². The fourth-order valence-electron chi connectivity index (χ4n) is 1.64. The minimum Gasteiger partial charge on any atom is -0.365 e. The van der Waals surface area contributed by atoms with Gasteiger partial charge in [0.2, 0.25) is 0 Å². The van der Waals surface area contributed by atoms with E-state index in [1.54, 1.807) is 6.92 Å². The number of benzene rings is 1. The zero-order chi connectivity index (χ0) is 13.5. The van der Waals surface area contributed by atoms with E-state index in [0.717, 1.165) is 0 Å². The molecule has 1 heterocycles. The molecule has 1 aromatic carbocycles. The monoisotopic (exact) mass is 280 g/mol. The Morgan fingerprint density at radius 1 is 1.39 bits per heavy atom. The maximum Gasteiger partial charge on any atom is 0.416 e. The van der Waals surface area contributed by atoms with Crippen molar-refractivity contribution < 1.29 is 17.6 Å². The molecular weight excluding hydrogens is 272 g/mol. The molecule has 0 radical (unpaired) electrons. The molecule has 0 saturated heterocycles. The van der Waals surface area contributed by atoms with Gasteiger partial charge in [0.05, 0.1) is 22.7 Å². The van der Waals surface area contributed by atoms with Crippen molar-refractivity contribution in [3.8, 4) is 0 Å². The molecule has 1 aromatic rings. The Kier molecular flexibility index (Phi) is 3.23. The summed E-state index contributed by atoms with van der Waals surface area (Å²) in [6, 6.07) is 1.25. The summed E-state index contributed by atoms with van der Waals surface area (Å²) >= 11 is 5.48. The summed E-state index contributed by atoms with van der Waals surface area (Å²) < 4.78 is 51.5. The Bertz CT molecular complexity index is 511. The third kappa shape index (κ3) is 2.43. The summed E-state index contributed by atoms with van der Waals surface area (Å²) in [4.78, 5) is 3.95. The first-order valence-corrected chi connectivity index (χ1v) is 5.54. The van der Waals surface area contributed by atoms with Crippen molar-refractivity contribution in [2.75, 3.05) is 6.54 Å². The molecule has 1 N–H and O–H groups in total. The van der Waals surface area contributed by atoms with Gasteiger partial charge in [0.1, 0.15) is 5.84 Å². The van der Waals surface area contributed by atoms with Crippen LogP contribution < -0.4 is 5.32 Å². The van der Waals surface area contributed by atoms with Crippen molar-refractivity contribution >= 4 is 17.4 Å². The van der Waals surface area contributed by atoms with Crippen LogP contribution >= 0.6 is 11.6 Å². The van der Waals surface area contributed by atoms with Crippen LogP contribution in [0.25, 0.3) is 0 Å². The van der Waals surface area contributed by atoms with E-state index in [9.17, 15) is 17.6 Å². The smallest absolute Gasteiger partial charge is 0.365 e. The van der Waals surface area contributed by atoms with Crippen molar-refractivity contribution in [1.82, 2.24) is 5.32 Å². The van der Waals surface area contributed by atoms with Crippen LogP contribution in [-0.4, -0.2) is 18.4 Å². The van der Waals surface area contributed by atoms with Crippen LogP contribution in [0.15, 0.2) is 17.1 Å².